The fraction of sp³-hybridized carbons (Fsp3) is 0.538. The molecule has 1 aromatic rings. The first kappa shape index (κ1) is 12.5. The Morgan fingerprint density at radius 2 is 2.24 bits per heavy atom. The number of nitrogens with one attached hydrogen (secondary N) is 2. The van der Waals surface area contributed by atoms with Crippen LogP contribution in [0.1, 0.15) is 23.6 Å². The summed E-state index contributed by atoms with van der Waals surface area (Å²) < 4.78 is 0. The van der Waals surface area contributed by atoms with Gasteiger partial charge in [0.15, 0.2) is 0 Å². The van der Waals surface area contributed by atoms with Crippen LogP contribution in [-0.2, 0) is 6.54 Å². The summed E-state index contributed by atoms with van der Waals surface area (Å²) >= 11 is 0. The molecular weight excluding hydrogens is 216 g/mol. The molecule has 0 bridgehead atoms. The molecule has 2 unspecified atom stereocenters. The maximum Gasteiger partial charge on any atom is 0.0895 e. The van der Waals surface area contributed by atoms with Gasteiger partial charge in [-0.05, 0) is 24.1 Å². The predicted molar refractivity (Wildman–Crippen MR) is 66.6 cm³/mol. The molecule has 0 saturated heterocycles. The Bertz CT molecular complexity index is 357. The van der Waals surface area contributed by atoms with E-state index in [2.05, 4.69) is 22.8 Å². The highest BCUT2D eigenvalue weighted by Gasteiger charge is 2.18. The van der Waals surface area contributed by atoms with Gasteiger partial charge in [-0.2, -0.15) is 0 Å². The molecular formula is C13H20N2O2. The molecule has 1 aromatic carbocycles. The van der Waals surface area contributed by atoms with Crippen molar-refractivity contribution in [3.05, 3.63) is 35.4 Å². The molecule has 0 radical (unpaired) electrons. The van der Waals surface area contributed by atoms with Crippen LogP contribution in [-0.4, -0.2) is 36.0 Å². The van der Waals surface area contributed by atoms with Gasteiger partial charge in [-0.15, -0.1) is 0 Å². The van der Waals surface area contributed by atoms with E-state index in [1.54, 1.807) is 0 Å². The third-order valence-corrected chi connectivity index (χ3v) is 3.17. The lowest BCUT2D eigenvalue weighted by Crippen LogP contribution is -2.33. The highest BCUT2D eigenvalue weighted by atomic mass is 16.3. The van der Waals surface area contributed by atoms with Crippen LogP contribution in [0.25, 0.3) is 0 Å². The van der Waals surface area contributed by atoms with E-state index >= 15 is 0 Å². The zero-order valence-corrected chi connectivity index (χ0v) is 9.89. The van der Waals surface area contributed by atoms with Gasteiger partial charge in [0.2, 0.25) is 0 Å². The Balaban J connectivity index is 2.06. The Morgan fingerprint density at radius 3 is 3.06 bits per heavy atom. The minimum atomic E-state index is -0.682. The second-order valence-electron chi connectivity index (χ2n) is 4.46. The molecule has 0 aromatic heterocycles. The van der Waals surface area contributed by atoms with Crippen LogP contribution in [0.3, 0.4) is 0 Å². The zero-order chi connectivity index (χ0) is 12.1. The van der Waals surface area contributed by atoms with E-state index in [1.165, 1.54) is 11.1 Å². The summed E-state index contributed by atoms with van der Waals surface area (Å²) in [5.41, 5.74) is 2.60. The first-order valence-corrected chi connectivity index (χ1v) is 6.12. The summed E-state index contributed by atoms with van der Waals surface area (Å²) in [6, 6.07) is 8.60. The Morgan fingerprint density at radius 1 is 1.41 bits per heavy atom. The molecule has 94 valence electrons. The number of fused-ring (bicyclic) bond motifs is 1. The molecule has 2 atom stereocenters. The molecule has 2 rings (SSSR count). The van der Waals surface area contributed by atoms with Gasteiger partial charge in [-0.3, -0.25) is 0 Å². The van der Waals surface area contributed by atoms with E-state index in [0.717, 1.165) is 19.5 Å². The molecule has 4 N–H and O–H groups in total. The van der Waals surface area contributed by atoms with Crippen LogP contribution in [0.5, 0.6) is 0 Å². The van der Waals surface area contributed by atoms with E-state index < -0.39 is 6.10 Å². The highest BCUT2D eigenvalue weighted by molar-refractivity contribution is 5.30. The van der Waals surface area contributed by atoms with Crippen molar-refractivity contribution in [1.82, 2.24) is 10.6 Å². The summed E-state index contributed by atoms with van der Waals surface area (Å²) in [7, 11) is 0. The van der Waals surface area contributed by atoms with Crippen molar-refractivity contribution in [1.29, 1.82) is 0 Å². The lowest BCUT2D eigenvalue weighted by Gasteiger charge is -2.20. The van der Waals surface area contributed by atoms with Crippen LogP contribution < -0.4 is 10.6 Å². The number of rotatable bonds is 4. The quantitative estimate of drug-likeness (QED) is 0.601. The average Bonchev–Trinajstić information content (AvgIpc) is 2.58. The lowest BCUT2D eigenvalue weighted by atomic mass is 9.99. The second kappa shape index (κ2) is 6.12. The van der Waals surface area contributed by atoms with E-state index in [0.29, 0.717) is 6.54 Å². The molecule has 4 nitrogen and oxygen atoms in total. The summed E-state index contributed by atoms with van der Waals surface area (Å²) in [6.45, 7) is 2.09. The average molecular weight is 236 g/mol. The van der Waals surface area contributed by atoms with Crippen molar-refractivity contribution in [3.8, 4) is 0 Å². The standard InChI is InChI=1S/C13H20N2O2/c16-9-11(17)8-15-13-5-6-14-7-10-3-1-2-4-12(10)13/h1-4,11,13-17H,5-9H2. The maximum atomic E-state index is 9.38. The van der Waals surface area contributed by atoms with Gasteiger partial charge in [0, 0.05) is 19.1 Å². The number of aliphatic hydroxyl groups is 2. The maximum absolute atomic E-state index is 9.38. The summed E-state index contributed by atoms with van der Waals surface area (Å²) in [4.78, 5) is 0. The summed E-state index contributed by atoms with van der Waals surface area (Å²) in [5, 5.41) is 24.9. The van der Waals surface area contributed by atoms with Crippen molar-refractivity contribution in [2.24, 2.45) is 0 Å². The molecule has 1 heterocycles. The Kier molecular flexibility index (Phi) is 4.50. The molecule has 17 heavy (non-hydrogen) atoms. The first-order valence-electron chi connectivity index (χ1n) is 6.12. The number of aliphatic hydroxyl groups excluding tert-OH is 2. The van der Waals surface area contributed by atoms with Crippen LogP contribution >= 0.6 is 0 Å². The second-order valence-corrected chi connectivity index (χ2v) is 4.46. The minimum absolute atomic E-state index is 0.195. The Hall–Kier alpha value is -0.940. The van der Waals surface area contributed by atoms with E-state index in [-0.39, 0.29) is 12.6 Å². The van der Waals surface area contributed by atoms with Gasteiger partial charge in [-0.1, -0.05) is 24.3 Å². The first-order chi connectivity index (χ1) is 8.31. The number of hydrogen-bond acceptors (Lipinski definition) is 4. The minimum Gasteiger partial charge on any atom is -0.394 e. The highest BCUT2D eigenvalue weighted by Crippen LogP contribution is 2.23. The van der Waals surface area contributed by atoms with Gasteiger partial charge in [0.1, 0.15) is 0 Å². The number of hydrogen-bond donors (Lipinski definition) is 4. The molecule has 0 aliphatic carbocycles. The molecule has 1 aliphatic rings. The third-order valence-electron chi connectivity index (χ3n) is 3.17. The smallest absolute Gasteiger partial charge is 0.0895 e. The van der Waals surface area contributed by atoms with Gasteiger partial charge in [0.25, 0.3) is 0 Å². The van der Waals surface area contributed by atoms with Crippen LogP contribution in [0.2, 0.25) is 0 Å². The van der Waals surface area contributed by atoms with E-state index in [9.17, 15) is 5.11 Å². The predicted octanol–water partition coefficient (Wildman–Crippen LogP) is 0.164. The van der Waals surface area contributed by atoms with E-state index in [1.807, 2.05) is 12.1 Å². The lowest BCUT2D eigenvalue weighted by molar-refractivity contribution is 0.0916. The summed E-state index contributed by atoms with van der Waals surface area (Å²) in [6.07, 6.45) is 0.313. The van der Waals surface area contributed by atoms with Crippen LogP contribution in [0.4, 0.5) is 0 Å². The van der Waals surface area contributed by atoms with Crippen LogP contribution in [0, 0.1) is 0 Å². The van der Waals surface area contributed by atoms with Gasteiger partial charge in [-0.25, -0.2) is 0 Å². The molecule has 0 saturated carbocycles. The molecule has 4 heteroatoms. The van der Waals surface area contributed by atoms with Gasteiger partial charge < -0.3 is 20.8 Å². The molecule has 0 amide bonds. The number of benzene rings is 1. The third kappa shape index (κ3) is 3.26. The zero-order valence-electron chi connectivity index (χ0n) is 9.89. The van der Waals surface area contributed by atoms with Crippen molar-refractivity contribution in [3.63, 3.8) is 0 Å². The fourth-order valence-electron chi connectivity index (χ4n) is 2.21. The summed E-state index contributed by atoms with van der Waals surface area (Å²) in [5.74, 6) is 0. The fourth-order valence-corrected chi connectivity index (χ4v) is 2.21. The molecule has 0 fully saturated rings. The van der Waals surface area contributed by atoms with Gasteiger partial charge in [0.05, 0.1) is 12.7 Å². The van der Waals surface area contributed by atoms with Crippen LogP contribution in [0.15, 0.2) is 24.3 Å². The SMILES string of the molecule is OCC(O)CNC1CCNCc2ccccc21. The molecule has 1 aliphatic heterocycles. The van der Waals surface area contributed by atoms with Crippen molar-refractivity contribution >= 4 is 0 Å². The monoisotopic (exact) mass is 236 g/mol. The largest absolute Gasteiger partial charge is 0.394 e. The Labute approximate surface area is 102 Å². The van der Waals surface area contributed by atoms with Gasteiger partial charge >= 0.3 is 0 Å². The van der Waals surface area contributed by atoms with Crippen molar-refractivity contribution in [2.75, 3.05) is 19.7 Å². The van der Waals surface area contributed by atoms with E-state index in [4.69, 9.17) is 5.11 Å². The topological polar surface area (TPSA) is 64.5 Å². The van der Waals surface area contributed by atoms with Crippen molar-refractivity contribution < 1.29 is 10.2 Å². The normalized spacial score (nSPS) is 21.6. The molecule has 0 spiro atoms. The van der Waals surface area contributed by atoms with Crippen molar-refractivity contribution in [2.45, 2.75) is 25.1 Å².